The van der Waals surface area contributed by atoms with Gasteiger partial charge in [-0.3, -0.25) is 0 Å². The Morgan fingerprint density at radius 1 is 1.00 bits per heavy atom. The first-order valence-corrected chi connectivity index (χ1v) is 6.76. The SMILES string of the molecule is CCCCc1cc(CN)c(O)c(CCCC)c1. The van der Waals surface area contributed by atoms with Gasteiger partial charge in [0.2, 0.25) is 0 Å². The van der Waals surface area contributed by atoms with E-state index in [2.05, 4.69) is 26.0 Å². The van der Waals surface area contributed by atoms with Gasteiger partial charge in [-0.05, 0) is 36.8 Å². The molecular formula is C15H25NO. The second kappa shape index (κ2) is 7.33. The Bertz CT molecular complexity index is 347. The van der Waals surface area contributed by atoms with Crippen molar-refractivity contribution >= 4 is 0 Å². The first-order chi connectivity index (χ1) is 8.22. The van der Waals surface area contributed by atoms with Gasteiger partial charge in [-0.1, -0.05) is 38.8 Å². The number of benzene rings is 1. The number of rotatable bonds is 7. The Morgan fingerprint density at radius 2 is 1.59 bits per heavy atom. The topological polar surface area (TPSA) is 46.2 Å². The Kier molecular flexibility index (Phi) is 6.06. The van der Waals surface area contributed by atoms with E-state index >= 15 is 0 Å². The number of nitrogens with two attached hydrogens (primary N) is 1. The minimum Gasteiger partial charge on any atom is -0.507 e. The average Bonchev–Trinajstić information content (AvgIpc) is 2.35. The molecule has 0 aliphatic rings. The average molecular weight is 235 g/mol. The summed E-state index contributed by atoms with van der Waals surface area (Å²) in [6.45, 7) is 4.79. The summed E-state index contributed by atoms with van der Waals surface area (Å²) in [6, 6.07) is 4.21. The van der Waals surface area contributed by atoms with E-state index in [1.807, 2.05) is 0 Å². The van der Waals surface area contributed by atoms with Crippen LogP contribution in [0.15, 0.2) is 12.1 Å². The molecule has 0 spiro atoms. The molecule has 0 heterocycles. The molecule has 0 amide bonds. The Morgan fingerprint density at radius 3 is 2.18 bits per heavy atom. The maximum atomic E-state index is 10.1. The number of hydrogen-bond donors (Lipinski definition) is 2. The lowest BCUT2D eigenvalue weighted by molar-refractivity contribution is 0.459. The molecule has 1 aromatic carbocycles. The maximum absolute atomic E-state index is 10.1. The van der Waals surface area contributed by atoms with Crippen LogP contribution in [0.2, 0.25) is 0 Å². The van der Waals surface area contributed by atoms with Gasteiger partial charge >= 0.3 is 0 Å². The number of phenols is 1. The van der Waals surface area contributed by atoms with Crippen molar-refractivity contribution < 1.29 is 5.11 Å². The number of unbranched alkanes of at least 4 members (excludes halogenated alkanes) is 2. The van der Waals surface area contributed by atoms with Crippen LogP contribution >= 0.6 is 0 Å². The van der Waals surface area contributed by atoms with Crippen molar-refractivity contribution in [2.75, 3.05) is 0 Å². The molecule has 0 unspecified atom stereocenters. The minimum absolute atomic E-state index is 0.418. The number of phenolic OH excluding ortho intramolecular Hbond substituents is 1. The molecule has 1 rings (SSSR count). The van der Waals surface area contributed by atoms with Gasteiger partial charge in [0.15, 0.2) is 0 Å². The third-order valence-corrected chi connectivity index (χ3v) is 3.17. The molecule has 0 aromatic heterocycles. The molecule has 2 nitrogen and oxygen atoms in total. The second-order valence-corrected chi connectivity index (χ2v) is 4.67. The lowest BCUT2D eigenvalue weighted by Crippen LogP contribution is -2.01. The lowest BCUT2D eigenvalue weighted by atomic mass is 9.97. The molecule has 0 aliphatic carbocycles. The van der Waals surface area contributed by atoms with E-state index in [1.165, 1.54) is 18.4 Å². The van der Waals surface area contributed by atoms with Crippen molar-refractivity contribution in [3.63, 3.8) is 0 Å². The van der Waals surface area contributed by atoms with Gasteiger partial charge in [0, 0.05) is 12.1 Å². The predicted molar refractivity (Wildman–Crippen MR) is 73.2 cm³/mol. The fourth-order valence-corrected chi connectivity index (χ4v) is 2.07. The Balaban J connectivity index is 2.92. The Hall–Kier alpha value is -1.02. The quantitative estimate of drug-likeness (QED) is 0.759. The van der Waals surface area contributed by atoms with Gasteiger partial charge in [-0.2, -0.15) is 0 Å². The molecule has 0 atom stereocenters. The van der Waals surface area contributed by atoms with Crippen molar-refractivity contribution in [1.29, 1.82) is 0 Å². The lowest BCUT2D eigenvalue weighted by Gasteiger charge is -2.12. The van der Waals surface area contributed by atoms with Crippen molar-refractivity contribution in [3.05, 3.63) is 28.8 Å². The molecule has 0 aliphatic heterocycles. The van der Waals surface area contributed by atoms with Crippen LogP contribution in [0.1, 0.15) is 56.2 Å². The fourth-order valence-electron chi connectivity index (χ4n) is 2.07. The molecule has 0 saturated heterocycles. The summed E-state index contributed by atoms with van der Waals surface area (Å²) in [6.07, 6.45) is 6.70. The summed E-state index contributed by atoms with van der Waals surface area (Å²) in [5.41, 5.74) is 8.97. The smallest absolute Gasteiger partial charge is 0.123 e. The maximum Gasteiger partial charge on any atom is 0.123 e. The highest BCUT2D eigenvalue weighted by Crippen LogP contribution is 2.26. The molecule has 0 radical (unpaired) electrons. The molecule has 96 valence electrons. The third-order valence-electron chi connectivity index (χ3n) is 3.17. The van der Waals surface area contributed by atoms with E-state index in [0.717, 1.165) is 36.8 Å². The highest BCUT2D eigenvalue weighted by Gasteiger charge is 2.08. The number of hydrogen-bond acceptors (Lipinski definition) is 2. The monoisotopic (exact) mass is 235 g/mol. The first kappa shape index (κ1) is 14.0. The summed E-state index contributed by atoms with van der Waals surface area (Å²) >= 11 is 0. The van der Waals surface area contributed by atoms with Gasteiger partial charge in [-0.25, -0.2) is 0 Å². The second-order valence-electron chi connectivity index (χ2n) is 4.67. The largest absolute Gasteiger partial charge is 0.507 e. The number of aryl methyl sites for hydroxylation is 2. The van der Waals surface area contributed by atoms with E-state index in [-0.39, 0.29) is 0 Å². The molecular weight excluding hydrogens is 210 g/mol. The molecule has 1 aromatic rings. The van der Waals surface area contributed by atoms with E-state index in [0.29, 0.717) is 12.3 Å². The van der Waals surface area contributed by atoms with Gasteiger partial charge < -0.3 is 10.8 Å². The van der Waals surface area contributed by atoms with Crippen LogP contribution in [0.3, 0.4) is 0 Å². The van der Waals surface area contributed by atoms with Crippen molar-refractivity contribution in [1.82, 2.24) is 0 Å². The zero-order valence-corrected chi connectivity index (χ0v) is 11.1. The summed E-state index contributed by atoms with van der Waals surface area (Å²) in [4.78, 5) is 0. The minimum atomic E-state index is 0.418. The molecule has 0 bridgehead atoms. The van der Waals surface area contributed by atoms with Gasteiger partial charge in [0.25, 0.3) is 0 Å². The molecule has 0 fully saturated rings. The van der Waals surface area contributed by atoms with E-state index < -0.39 is 0 Å². The molecule has 17 heavy (non-hydrogen) atoms. The van der Waals surface area contributed by atoms with Gasteiger partial charge in [0.1, 0.15) is 5.75 Å². The zero-order valence-electron chi connectivity index (χ0n) is 11.1. The molecule has 0 saturated carbocycles. The van der Waals surface area contributed by atoms with Crippen molar-refractivity contribution in [2.45, 2.75) is 58.9 Å². The van der Waals surface area contributed by atoms with Crippen LogP contribution in [0.25, 0.3) is 0 Å². The van der Waals surface area contributed by atoms with E-state index in [1.54, 1.807) is 0 Å². The van der Waals surface area contributed by atoms with Crippen molar-refractivity contribution in [2.24, 2.45) is 5.73 Å². The summed E-state index contributed by atoms with van der Waals surface area (Å²) in [5.74, 6) is 0.418. The molecule has 2 heteroatoms. The first-order valence-electron chi connectivity index (χ1n) is 6.76. The number of aromatic hydroxyl groups is 1. The van der Waals surface area contributed by atoms with Crippen LogP contribution in [0.5, 0.6) is 5.75 Å². The van der Waals surface area contributed by atoms with Crippen LogP contribution in [-0.4, -0.2) is 5.11 Å². The normalized spacial score (nSPS) is 10.8. The zero-order chi connectivity index (χ0) is 12.7. The Labute approximate surface area is 105 Å². The molecule has 3 N–H and O–H groups in total. The van der Waals surface area contributed by atoms with Crippen LogP contribution in [-0.2, 0) is 19.4 Å². The summed E-state index contributed by atoms with van der Waals surface area (Å²) < 4.78 is 0. The summed E-state index contributed by atoms with van der Waals surface area (Å²) in [7, 11) is 0. The van der Waals surface area contributed by atoms with Crippen LogP contribution in [0, 0.1) is 0 Å². The highest BCUT2D eigenvalue weighted by atomic mass is 16.3. The van der Waals surface area contributed by atoms with Gasteiger partial charge in [0.05, 0.1) is 0 Å². The van der Waals surface area contributed by atoms with Crippen LogP contribution < -0.4 is 5.73 Å². The van der Waals surface area contributed by atoms with Crippen molar-refractivity contribution in [3.8, 4) is 5.75 Å². The van der Waals surface area contributed by atoms with Gasteiger partial charge in [-0.15, -0.1) is 0 Å². The van der Waals surface area contributed by atoms with Crippen LogP contribution in [0.4, 0.5) is 0 Å². The predicted octanol–water partition coefficient (Wildman–Crippen LogP) is 3.54. The standard InChI is InChI=1S/C15H25NO/c1-3-5-7-12-9-13(8-6-4-2)15(17)14(10-12)11-16/h9-10,17H,3-8,11,16H2,1-2H3. The summed E-state index contributed by atoms with van der Waals surface area (Å²) in [5, 5.41) is 10.1. The van der Waals surface area contributed by atoms with E-state index in [9.17, 15) is 5.11 Å². The third kappa shape index (κ3) is 4.04. The highest BCUT2D eigenvalue weighted by molar-refractivity contribution is 5.44. The van der Waals surface area contributed by atoms with E-state index in [4.69, 9.17) is 5.73 Å². The fraction of sp³-hybridized carbons (Fsp3) is 0.600.